The van der Waals surface area contributed by atoms with Crippen molar-refractivity contribution in [1.82, 2.24) is 4.90 Å². The van der Waals surface area contributed by atoms with E-state index in [9.17, 15) is 4.79 Å². The van der Waals surface area contributed by atoms with E-state index >= 15 is 0 Å². The molecular weight excluding hydrogens is 102 g/mol. The van der Waals surface area contributed by atoms with Crippen molar-refractivity contribution in [3.05, 3.63) is 0 Å². The third-order valence-corrected chi connectivity index (χ3v) is 2.10. The van der Waals surface area contributed by atoms with Crippen LogP contribution in [0.5, 0.6) is 0 Å². The number of rotatable bonds is 0. The van der Waals surface area contributed by atoms with Crippen molar-refractivity contribution in [3.63, 3.8) is 0 Å². The van der Waals surface area contributed by atoms with E-state index in [1.807, 2.05) is 4.90 Å². The monoisotopic (exact) mass is 111 g/mol. The van der Waals surface area contributed by atoms with Crippen LogP contribution >= 0.6 is 0 Å². The maximum absolute atomic E-state index is 10.8. The number of carbonyl (C=O) groups excluding carboxylic acids is 1. The van der Waals surface area contributed by atoms with Gasteiger partial charge in [0.05, 0.1) is 0 Å². The highest BCUT2D eigenvalue weighted by molar-refractivity contribution is 5.79. The molecule has 2 fully saturated rings. The molecule has 2 heterocycles. The van der Waals surface area contributed by atoms with Crippen LogP contribution in [-0.2, 0) is 4.79 Å². The molecule has 2 rings (SSSR count). The summed E-state index contributed by atoms with van der Waals surface area (Å²) in [4.78, 5) is 12.7. The summed E-state index contributed by atoms with van der Waals surface area (Å²) in [5.74, 6) is 1.10. The Morgan fingerprint density at radius 1 is 1.62 bits per heavy atom. The van der Waals surface area contributed by atoms with Gasteiger partial charge in [-0.3, -0.25) is 4.79 Å². The van der Waals surface area contributed by atoms with Crippen LogP contribution < -0.4 is 0 Å². The number of hydrogen-bond donors (Lipinski definition) is 0. The summed E-state index contributed by atoms with van der Waals surface area (Å²) in [6, 6.07) is 0. The van der Waals surface area contributed by atoms with Crippen LogP contribution in [0.25, 0.3) is 0 Å². The molecule has 0 aromatic rings. The molecule has 2 bridgehead atoms. The number of amides is 1. The molecule has 44 valence electrons. The van der Waals surface area contributed by atoms with Gasteiger partial charge in [-0.15, -0.1) is 0 Å². The minimum absolute atomic E-state index is 0.376. The molecule has 2 aliphatic heterocycles. The predicted octanol–water partition coefficient (Wildman–Crippen LogP) is 0.239. The Labute approximate surface area is 48.5 Å². The summed E-state index contributed by atoms with van der Waals surface area (Å²) in [5, 5.41) is 0. The first kappa shape index (κ1) is 4.36. The smallest absolute Gasteiger partial charge is 0.222 e. The van der Waals surface area contributed by atoms with Crippen molar-refractivity contribution >= 4 is 5.91 Å². The third kappa shape index (κ3) is 0.403. The highest BCUT2D eigenvalue weighted by atomic mass is 16.2. The van der Waals surface area contributed by atoms with E-state index < -0.39 is 0 Å². The van der Waals surface area contributed by atoms with Crippen molar-refractivity contribution < 1.29 is 4.79 Å². The molecule has 0 radical (unpaired) electrons. The highest BCUT2D eigenvalue weighted by Crippen LogP contribution is 2.27. The molecule has 1 amide bonds. The van der Waals surface area contributed by atoms with E-state index in [0.29, 0.717) is 5.91 Å². The molecule has 8 heavy (non-hydrogen) atoms. The molecule has 0 spiro atoms. The normalized spacial score (nSPS) is 34.8. The Balaban J connectivity index is 2.22. The van der Waals surface area contributed by atoms with Gasteiger partial charge >= 0.3 is 0 Å². The van der Waals surface area contributed by atoms with Gasteiger partial charge in [0.2, 0.25) is 5.91 Å². The number of carbonyl (C=O) groups is 1. The molecule has 0 aromatic carbocycles. The summed E-state index contributed by atoms with van der Waals surface area (Å²) in [6.45, 7) is 2.09. The number of fused-ring (bicyclic) bond motifs is 2. The van der Waals surface area contributed by atoms with Gasteiger partial charge in [-0.25, -0.2) is 0 Å². The first-order chi connectivity index (χ1) is 3.86. The minimum atomic E-state index is 0.376. The van der Waals surface area contributed by atoms with E-state index in [2.05, 4.69) is 0 Å². The number of hydrogen-bond acceptors (Lipinski definition) is 1. The molecule has 2 heteroatoms. The number of piperidine rings is 1. The second kappa shape index (κ2) is 1.24. The van der Waals surface area contributed by atoms with Gasteiger partial charge in [0, 0.05) is 19.5 Å². The van der Waals surface area contributed by atoms with Crippen LogP contribution in [-0.4, -0.2) is 23.9 Å². The average molecular weight is 111 g/mol. The van der Waals surface area contributed by atoms with Crippen LogP contribution in [0.4, 0.5) is 0 Å². The summed E-state index contributed by atoms with van der Waals surface area (Å²) in [5.41, 5.74) is 0. The Morgan fingerprint density at radius 3 is 2.75 bits per heavy atom. The zero-order chi connectivity index (χ0) is 5.56. The van der Waals surface area contributed by atoms with Crippen molar-refractivity contribution in [2.24, 2.45) is 5.92 Å². The van der Waals surface area contributed by atoms with E-state index in [-0.39, 0.29) is 0 Å². The summed E-state index contributed by atoms with van der Waals surface area (Å²) in [7, 11) is 0. The minimum Gasteiger partial charge on any atom is -0.342 e. The molecule has 2 nitrogen and oxygen atoms in total. The lowest BCUT2D eigenvalue weighted by molar-refractivity contribution is -0.128. The van der Waals surface area contributed by atoms with Crippen molar-refractivity contribution in [1.29, 1.82) is 0 Å². The van der Waals surface area contributed by atoms with E-state index in [1.54, 1.807) is 0 Å². The third-order valence-electron chi connectivity index (χ3n) is 2.10. The molecule has 0 saturated carbocycles. The lowest BCUT2D eigenvalue weighted by atomic mass is 10.1. The second-order valence-corrected chi connectivity index (χ2v) is 2.70. The molecule has 0 aliphatic carbocycles. The van der Waals surface area contributed by atoms with Gasteiger partial charge in [0.1, 0.15) is 0 Å². The lowest BCUT2D eigenvalue weighted by Gasteiger charge is -2.10. The first-order valence-corrected chi connectivity index (χ1v) is 3.14. The fourth-order valence-electron chi connectivity index (χ4n) is 1.60. The lowest BCUT2D eigenvalue weighted by Crippen LogP contribution is -2.23. The largest absolute Gasteiger partial charge is 0.342 e. The zero-order valence-electron chi connectivity index (χ0n) is 4.76. The van der Waals surface area contributed by atoms with Gasteiger partial charge in [0.25, 0.3) is 0 Å². The molecular formula is C6H9NO. The maximum Gasteiger partial charge on any atom is 0.222 e. The fraction of sp³-hybridized carbons (Fsp3) is 0.833. The van der Waals surface area contributed by atoms with Gasteiger partial charge in [-0.05, 0) is 12.3 Å². The first-order valence-electron chi connectivity index (χ1n) is 3.14. The van der Waals surface area contributed by atoms with Gasteiger partial charge in [-0.2, -0.15) is 0 Å². The highest BCUT2D eigenvalue weighted by Gasteiger charge is 2.34. The standard InChI is InChI=1S/C6H9NO/c8-6-3-5-1-2-7(6)4-5/h5H,1-4H2. The Bertz CT molecular complexity index is 132. The molecule has 0 N–H and O–H groups in total. The molecule has 2 saturated heterocycles. The quantitative estimate of drug-likeness (QED) is 0.438. The van der Waals surface area contributed by atoms with Crippen molar-refractivity contribution in [2.45, 2.75) is 12.8 Å². The average Bonchev–Trinajstić information content (AvgIpc) is 2.23. The maximum atomic E-state index is 10.8. The summed E-state index contributed by atoms with van der Waals surface area (Å²) >= 11 is 0. The Kier molecular flexibility index (Phi) is 0.678. The van der Waals surface area contributed by atoms with Crippen LogP contribution in [0.1, 0.15) is 12.8 Å². The molecule has 0 aromatic heterocycles. The number of nitrogens with zero attached hydrogens (tertiary/aromatic N) is 1. The SMILES string of the molecule is O=C1CC2CCN1C2. The van der Waals surface area contributed by atoms with Gasteiger partial charge in [-0.1, -0.05) is 0 Å². The van der Waals surface area contributed by atoms with Crippen LogP contribution in [0.3, 0.4) is 0 Å². The van der Waals surface area contributed by atoms with Gasteiger partial charge < -0.3 is 4.90 Å². The van der Waals surface area contributed by atoms with Crippen LogP contribution in [0, 0.1) is 5.92 Å². The Hall–Kier alpha value is -0.530. The topological polar surface area (TPSA) is 20.3 Å². The fourth-order valence-corrected chi connectivity index (χ4v) is 1.60. The van der Waals surface area contributed by atoms with E-state index in [1.165, 1.54) is 6.42 Å². The summed E-state index contributed by atoms with van der Waals surface area (Å²) < 4.78 is 0. The summed E-state index contributed by atoms with van der Waals surface area (Å²) in [6.07, 6.45) is 2.09. The second-order valence-electron chi connectivity index (χ2n) is 2.70. The van der Waals surface area contributed by atoms with Crippen LogP contribution in [0.15, 0.2) is 0 Å². The molecule has 2 aliphatic rings. The van der Waals surface area contributed by atoms with Gasteiger partial charge in [0.15, 0.2) is 0 Å². The Morgan fingerprint density at radius 2 is 2.50 bits per heavy atom. The predicted molar refractivity (Wildman–Crippen MR) is 29.3 cm³/mol. The van der Waals surface area contributed by atoms with Crippen LogP contribution in [0.2, 0.25) is 0 Å². The zero-order valence-corrected chi connectivity index (χ0v) is 4.76. The van der Waals surface area contributed by atoms with Crippen molar-refractivity contribution in [2.75, 3.05) is 13.1 Å². The van der Waals surface area contributed by atoms with Crippen molar-refractivity contribution in [3.8, 4) is 0 Å². The van der Waals surface area contributed by atoms with E-state index in [4.69, 9.17) is 0 Å². The molecule has 1 unspecified atom stereocenters. The molecule has 1 atom stereocenters. The van der Waals surface area contributed by atoms with E-state index in [0.717, 1.165) is 25.4 Å².